The van der Waals surface area contributed by atoms with Crippen molar-refractivity contribution >= 4 is 23.3 Å². The molecule has 1 rings (SSSR count). The van der Waals surface area contributed by atoms with Crippen molar-refractivity contribution in [2.75, 3.05) is 5.32 Å². The third-order valence-electron chi connectivity index (χ3n) is 2.64. The number of hydrogen-bond acceptors (Lipinski definition) is 3. The summed E-state index contributed by atoms with van der Waals surface area (Å²) in [7, 11) is 0. The Bertz CT molecular complexity index is 480. The van der Waals surface area contributed by atoms with E-state index in [2.05, 4.69) is 5.32 Å². The molecule has 0 amide bonds. The summed E-state index contributed by atoms with van der Waals surface area (Å²) in [5.74, 6) is -0.725. The third kappa shape index (κ3) is 3.94. The monoisotopic (exact) mass is 266 g/mol. The van der Waals surface area contributed by atoms with Gasteiger partial charge in [0.15, 0.2) is 0 Å². The van der Waals surface area contributed by atoms with Crippen LogP contribution in [0.2, 0.25) is 5.02 Å². The van der Waals surface area contributed by atoms with Gasteiger partial charge in [0, 0.05) is 11.1 Å². The number of carboxylic acids is 1. The number of nitriles is 1. The zero-order valence-electron chi connectivity index (χ0n) is 10.3. The average Bonchev–Trinajstić information content (AvgIpc) is 2.29. The van der Waals surface area contributed by atoms with Crippen molar-refractivity contribution in [3.63, 3.8) is 0 Å². The molecule has 0 fully saturated rings. The van der Waals surface area contributed by atoms with Crippen molar-refractivity contribution < 1.29 is 9.90 Å². The second-order valence-electron chi connectivity index (χ2n) is 4.39. The molecular weight excluding hydrogens is 252 g/mol. The minimum absolute atomic E-state index is 0.00512. The first-order valence-electron chi connectivity index (χ1n) is 5.62. The maximum atomic E-state index is 10.8. The van der Waals surface area contributed by atoms with Crippen LogP contribution in [-0.4, -0.2) is 17.1 Å². The molecule has 0 bridgehead atoms. The third-order valence-corrected chi connectivity index (χ3v) is 2.88. The van der Waals surface area contributed by atoms with E-state index in [4.69, 9.17) is 22.0 Å². The van der Waals surface area contributed by atoms with Crippen LogP contribution in [0.1, 0.15) is 25.8 Å². The van der Waals surface area contributed by atoms with E-state index in [0.29, 0.717) is 16.3 Å². The first-order chi connectivity index (χ1) is 8.43. The van der Waals surface area contributed by atoms with E-state index in [9.17, 15) is 4.79 Å². The molecule has 4 nitrogen and oxygen atoms in total. The fourth-order valence-electron chi connectivity index (χ4n) is 1.58. The van der Waals surface area contributed by atoms with E-state index < -0.39 is 5.97 Å². The zero-order chi connectivity index (χ0) is 13.7. The van der Waals surface area contributed by atoms with Crippen LogP contribution in [-0.2, 0) is 4.79 Å². The van der Waals surface area contributed by atoms with Crippen LogP contribution < -0.4 is 5.32 Å². The van der Waals surface area contributed by atoms with Gasteiger partial charge in [0.2, 0.25) is 0 Å². The molecule has 0 saturated heterocycles. The van der Waals surface area contributed by atoms with Crippen molar-refractivity contribution in [1.82, 2.24) is 0 Å². The molecule has 0 saturated carbocycles. The summed E-state index contributed by atoms with van der Waals surface area (Å²) in [5, 5.41) is 21.4. The smallest absolute Gasteiger partial charge is 0.305 e. The van der Waals surface area contributed by atoms with E-state index in [1.165, 1.54) is 0 Å². The Kier molecular flexibility index (Phi) is 4.99. The summed E-state index contributed by atoms with van der Waals surface area (Å²) in [6.45, 7) is 3.87. The molecule has 96 valence electrons. The van der Waals surface area contributed by atoms with Gasteiger partial charge >= 0.3 is 5.97 Å². The molecule has 1 unspecified atom stereocenters. The van der Waals surface area contributed by atoms with Crippen LogP contribution >= 0.6 is 11.6 Å². The number of aliphatic carboxylic acids is 1. The van der Waals surface area contributed by atoms with Gasteiger partial charge in [-0.1, -0.05) is 25.4 Å². The average molecular weight is 267 g/mol. The molecule has 1 aromatic carbocycles. The summed E-state index contributed by atoms with van der Waals surface area (Å²) in [4.78, 5) is 10.8. The molecule has 5 heteroatoms. The number of benzene rings is 1. The van der Waals surface area contributed by atoms with E-state index in [-0.39, 0.29) is 18.4 Å². The van der Waals surface area contributed by atoms with Gasteiger partial charge in [0.05, 0.1) is 17.7 Å². The lowest BCUT2D eigenvalue weighted by Crippen LogP contribution is -2.28. The topological polar surface area (TPSA) is 73.1 Å². The quantitative estimate of drug-likeness (QED) is 0.859. The van der Waals surface area contributed by atoms with Gasteiger partial charge in [0.25, 0.3) is 0 Å². The van der Waals surface area contributed by atoms with Crippen molar-refractivity contribution in [2.45, 2.75) is 26.3 Å². The zero-order valence-corrected chi connectivity index (χ0v) is 11.0. The van der Waals surface area contributed by atoms with Crippen LogP contribution in [0.5, 0.6) is 0 Å². The number of carbonyl (C=O) groups is 1. The first kappa shape index (κ1) is 14.3. The SMILES string of the molecule is CC(C)C(CC(=O)O)Nc1ccc(Cl)cc1C#N. The Morgan fingerprint density at radius 2 is 2.22 bits per heavy atom. The lowest BCUT2D eigenvalue weighted by Gasteiger charge is -2.22. The van der Waals surface area contributed by atoms with Crippen molar-refractivity contribution in [1.29, 1.82) is 5.26 Å². The Hall–Kier alpha value is -1.73. The molecular formula is C13H15ClN2O2. The highest BCUT2D eigenvalue weighted by Gasteiger charge is 2.18. The highest BCUT2D eigenvalue weighted by atomic mass is 35.5. The second kappa shape index (κ2) is 6.27. The Morgan fingerprint density at radius 1 is 1.56 bits per heavy atom. The van der Waals surface area contributed by atoms with Crippen molar-refractivity contribution in [3.8, 4) is 6.07 Å². The van der Waals surface area contributed by atoms with Gasteiger partial charge in [-0.2, -0.15) is 5.26 Å². The fraction of sp³-hybridized carbons (Fsp3) is 0.385. The minimum atomic E-state index is -0.867. The molecule has 0 heterocycles. The van der Waals surface area contributed by atoms with Gasteiger partial charge < -0.3 is 10.4 Å². The molecule has 0 aromatic heterocycles. The fourth-order valence-corrected chi connectivity index (χ4v) is 1.75. The number of anilines is 1. The molecule has 0 aliphatic heterocycles. The highest BCUT2D eigenvalue weighted by Crippen LogP contribution is 2.22. The maximum absolute atomic E-state index is 10.8. The second-order valence-corrected chi connectivity index (χ2v) is 4.83. The predicted molar refractivity (Wildman–Crippen MR) is 70.7 cm³/mol. The van der Waals surface area contributed by atoms with Gasteiger partial charge in [-0.15, -0.1) is 0 Å². The minimum Gasteiger partial charge on any atom is -0.481 e. The van der Waals surface area contributed by atoms with Crippen LogP contribution in [0.4, 0.5) is 5.69 Å². The molecule has 0 radical (unpaired) electrons. The van der Waals surface area contributed by atoms with Gasteiger partial charge in [-0.3, -0.25) is 4.79 Å². The summed E-state index contributed by atoms with van der Waals surface area (Å²) < 4.78 is 0. The van der Waals surface area contributed by atoms with Crippen LogP contribution in [0.3, 0.4) is 0 Å². The number of halogens is 1. The molecule has 2 N–H and O–H groups in total. The van der Waals surface area contributed by atoms with Gasteiger partial charge in [0.1, 0.15) is 6.07 Å². The van der Waals surface area contributed by atoms with Crippen molar-refractivity contribution in [2.24, 2.45) is 5.92 Å². The summed E-state index contributed by atoms with van der Waals surface area (Å²) in [5.41, 5.74) is 1.03. The molecule has 1 atom stereocenters. The normalized spacial score (nSPS) is 11.9. The number of nitrogens with zero attached hydrogens (tertiary/aromatic N) is 1. The molecule has 0 aliphatic rings. The van der Waals surface area contributed by atoms with Crippen LogP contribution in [0.25, 0.3) is 0 Å². The number of rotatable bonds is 5. The number of hydrogen-bond donors (Lipinski definition) is 2. The Morgan fingerprint density at radius 3 is 2.72 bits per heavy atom. The molecule has 18 heavy (non-hydrogen) atoms. The van der Waals surface area contributed by atoms with E-state index in [1.807, 2.05) is 19.9 Å². The highest BCUT2D eigenvalue weighted by molar-refractivity contribution is 6.30. The first-order valence-corrected chi connectivity index (χ1v) is 5.99. The van der Waals surface area contributed by atoms with E-state index in [0.717, 1.165) is 0 Å². The lowest BCUT2D eigenvalue weighted by molar-refractivity contribution is -0.137. The van der Waals surface area contributed by atoms with Gasteiger partial charge in [-0.05, 0) is 24.1 Å². The van der Waals surface area contributed by atoms with Crippen LogP contribution in [0, 0.1) is 17.2 Å². The maximum Gasteiger partial charge on any atom is 0.305 e. The van der Waals surface area contributed by atoms with Crippen molar-refractivity contribution in [3.05, 3.63) is 28.8 Å². The standard InChI is InChI=1S/C13H15ClN2O2/c1-8(2)12(6-13(17)18)16-11-4-3-10(14)5-9(11)7-15/h3-5,8,12,16H,6H2,1-2H3,(H,17,18). The predicted octanol–water partition coefficient (Wildman–Crippen LogP) is 3.12. The summed E-state index contributed by atoms with van der Waals surface area (Å²) >= 11 is 5.81. The summed E-state index contributed by atoms with van der Waals surface area (Å²) in [6.07, 6.45) is 0.00512. The largest absolute Gasteiger partial charge is 0.481 e. The summed E-state index contributed by atoms with van der Waals surface area (Å²) in [6, 6.07) is 6.73. The molecule has 1 aromatic rings. The lowest BCUT2D eigenvalue weighted by atomic mass is 10.00. The Labute approximate surface area is 111 Å². The van der Waals surface area contributed by atoms with Crippen LogP contribution in [0.15, 0.2) is 18.2 Å². The van der Waals surface area contributed by atoms with E-state index >= 15 is 0 Å². The molecule has 0 aliphatic carbocycles. The van der Waals surface area contributed by atoms with E-state index in [1.54, 1.807) is 18.2 Å². The van der Waals surface area contributed by atoms with Gasteiger partial charge in [-0.25, -0.2) is 0 Å². The Balaban J connectivity index is 2.94. The number of nitrogens with one attached hydrogen (secondary N) is 1. The molecule has 0 spiro atoms. The number of carboxylic acid groups (broad SMARTS) is 1.